The summed E-state index contributed by atoms with van der Waals surface area (Å²) in [5.74, 6) is -0.211. The molecule has 0 aromatic heterocycles. The first-order valence-corrected chi connectivity index (χ1v) is 7.67. The highest BCUT2D eigenvalue weighted by Gasteiger charge is 2.49. The van der Waals surface area contributed by atoms with Crippen LogP contribution in [0.3, 0.4) is 0 Å². The fraction of sp³-hybridized carbons (Fsp3) is 0.263. The van der Waals surface area contributed by atoms with Crippen LogP contribution >= 0.6 is 0 Å². The van der Waals surface area contributed by atoms with Crippen LogP contribution in [0, 0.1) is 13.8 Å². The molecule has 3 amide bonds. The van der Waals surface area contributed by atoms with Gasteiger partial charge in [-0.1, -0.05) is 54.1 Å². The van der Waals surface area contributed by atoms with Crippen molar-refractivity contribution in [2.75, 3.05) is 0 Å². The summed E-state index contributed by atoms with van der Waals surface area (Å²) in [5, 5.41) is 2.86. The van der Waals surface area contributed by atoms with Crippen LogP contribution in [0.1, 0.15) is 29.2 Å². The maximum Gasteiger partial charge on any atom is 0.325 e. The fourth-order valence-electron chi connectivity index (χ4n) is 3.03. The Morgan fingerprint density at radius 2 is 1.65 bits per heavy atom. The third kappa shape index (κ3) is 2.61. The molecule has 1 atom stereocenters. The molecule has 1 heterocycles. The summed E-state index contributed by atoms with van der Waals surface area (Å²) in [4.78, 5) is 26.5. The molecule has 0 saturated carbocycles. The van der Waals surface area contributed by atoms with Crippen molar-refractivity contribution in [3.63, 3.8) is 0 Å². The standard InChI is InChI=1S/C19H20N2O2/c1-13-8-10-15(11-9-13)12-21-17(22)19(3,20-18(21)23)16-7-5-4-6-14(16)2/h4-11H,12H2,1-3H3,(H,20,23). The molecule has 1 aliphatic rings. The minimum Gasteiger partial charge on any atom is -0.319 e. The van der Waals surface area contributed by atoms with Crippen LogP contribution in [-0.4, -0.2) is 16.8 Å². The van der Waals surface area contributed by atoms with Gasteiger partial charge in [0.15, 0.2) is 0 Å². The van der Waals surface area contributed by atoms with Crippen molar-refractivity contribution >= 4 is 11.9 Å². The van der Waals surface area contributed by atoms with Crippen LogP contribution in [-0.2, 0) is 16.9 Å². The molecule has 1 aliphatic heterocycles. The van der Waals surface area contributed by atoms with Crippen molar-refractivity contribution in [2.45, 2.75) is 32.9 Å². The van der Waals surface area contributed by atoms with Gasteiger partial charge in [-0.2, -0.15) is 0 Å². The third-order valence-corrected chi connectivity index (χ3v) is 4.42. The minimum atomic E-state index is -1.01. The first-order valence-electron chi connectivity index (χ1n) is 7.67. The number of carbonyl (C=O) groups excluding carboxylic acids is 2. The molecule has 1 N–H and O–H groups in total. The van der Waals surface area contributed by atoms with Gasteiger partial charge in [0.25, 0.3) is 5.91 Å². The average Bonchev–Trinajstić information content (AvgIpc) is 2.74. The van der Waals surface area contributed by atoms with E-state index in [9.17, 15) is 9.59 Å². The SMILES string of the molecule is Cc1ccc(CN2C(=O)NC(C)(c3ccccc3C)C2=O)cc1. The van der Waals surface area contributed by atoms with Crippen molar-refractivity contribution in [3.05, 3.63) is 70.8 Å². The Bertz CT molecular complexity index is 767. The number of amides is 3. The number of urea groups is 1. The molecule has 0 spiro atoms. The second-order valence-electron chi connectivity index (χ2n) is 6.25. The first kappa shape index (κ1) is 15.3. The van der Waals surface area contributed by atoms with E-state index in [1.54, 1.807) is 6.92 Å². The zero-order valence-corrected chi connectivity index (χ0v) is 13.6. The van der Waals surface area contributed by atoms with Crippen molar-refractivity contribution in [1.82, 2.24) is 10.2 Å². The molecule has 3 rings (SSSR count). The average molecular weight is 308 g/mol. The molecule has 4 nitrogen and oxygen atoms in total. The van der Waals surface area contributed by atoms with E-state index >= 15 is 0 Å². The van der Waals surface area contributed by atoms with E-state index in [1.807, 2.05) is 62.4 Å². The highest BCUT2D eigenvalue weighted by atomic mass is 16.2. The van der Waals surface area contributed by atoms with Crippen molar-refractivity contribution in [3.8, 4) is 0 Å². The lowest BCUT2D eigenvalue weighted by Crippen LogP contribution is -2.41. The van der Waals surface area contributed by atoms with Gasteiger partial charge < -0.3 is 5.32 Å². The summed E-state index contributed by atoms with van der Waals surface area (Å²) in [7, 11) is 0. The van der Waals surface area contributed by atoms with E-state index in [-0.39, 0.29) is 18.5 Å². The summed E-state index contributed by atoms with van der Waals surface area (Å²) < 4.78 is 0. The normalized spacial score (nSPS) is 20.7. The van der Waals surface area contributed by atoms with Gasteiger partial charge in [-0.3, -0.25) is 9.69 Å². The van der Waals surface area contributed by atoms with Gasteiger partial charge in [0.1, 0.15) is 5.54 Å². The highest BCUT2D eigenvalue weighted by molar-refractivity contribution is 6.07. The second kappa shape index (κ2) is 5.54. The van der Waals surface area contributed by atoms with E-state index in [4.69, 9.17) is 0 Å². The number of rotatable bonds is 3. The van der Waals surface area contributed by atoms with E-state index in [1.165, 1.54) is 4.90 Å². The molecule has 2 aromatic carbocycles. The van der Waals surface area contributed by atoms with E-state index in [0.717, 1.165) is 22.3 Å². The molecule has 1 saturated heterocycles. The monoisotopic (exact) mass is 308 g/mol. The van der Waals surface area contributed by atoms with Gasteiger partial charge in [-0.25, -0.2) is 4.79 Å². The zero-order valence-electron chi connectivity index (χ0n) is 13.6. The molecule has 23 heavy (non-hydrogen) atoms. The van der Waals surface area contributed by atoms with E-state index < -0.39 is 5.54 Å². The predicted molar refractivity (Wildman–Crippen MR) is 88.8 cm³/mol. The maximum atomic E-state index is 12.9. The molecule has 1 fully saturated rings. The van der Waals surface area contributed by atoms with Crippen molar-refractivity contribution in [2.24, 2.45) is 0 Å². The van der Waals surface area contributed by atoms with Crippen LogP contribution in [0.2, 0.25) is 0 Å². The first-order chi connectivity index (χ1) is 10.9. The number of carbonyl (C=O) groups is 2. The topological polar surface area (TPSA) is 49.4 Å². The molecule has 0 bridgehead atoms. The third-order valence-electron chi connectivity index (χ3n) is 4.42. The van der Waals surface area contributed by atoms with Crippen LogP contribution in [0.25, 0.3) is 0 Å². The molecule has 1 unspecified atom stereocenters. The minimum absolute atomic E-state index is 0.211. The van der Waals surface area contributed by atoms with Crippen LogP contribution in [0.15, 0.2) is 48.5 Å². The molecule has 2 aromatic rings. The zero-order chi connectivity index (χ0) is 16.6. The van der Waals surface area contributed by atoms with E-state index in [0.29, 0.717) is 0 Å². The van der Waals surface area contributed by atoms with Gasteiger partial charge in [0.2, 0.25) is 0 Å². The summed E-state index contributed by atoms with van der Waals surface area (Å²) in [5.41, 5.74) is 2.90. The lowest BCUT2D eigenvalue weighted by molar-refractivity contribution is -0.131. The largest absolute Gasteiger partial charge is 0.325 e. The highest BCUT2D eigenvalue weighted by Crippen LogP contribution is 2.31. The lowest BCUT2D eigenvalue weighted by Gasteiger charge is -2.24. The Morgan fingerprint density at radius 1 is 1.00 bits per heavy atom. The predicted octanol–water partition coefficient (Wildman–Crippen LogP) is 3.27. The molecular formula is C19H20N2O2. The Kier molecular flexibility index (Phi) is 3.68. The Hall–Kier alpha value is -2.62. The van der Waals surface area contributed by atoms with Crippen LogP contribution < -0.4 is 5.32 Å². The Balaban J connectivity index is 1.91. The Labute approximate surface area is 136 Å². The summed E-state index contributed by atoms with van der Waals surface area (Å²) >= 11 is 0. The number of aryl methyl sites for hydroxylation is 2. The number of nitrogens with zero attached hydrogens (tertiary/aromatic N) is 1. The second-order valence-corrected chi connectivity index (χ2v) is 6.25. The van der Waals surface area contributed by atoms with E-state index in [2.05, 4.69) is 5.32 Å². The summed E-state index contributed by atoms with van der Waals surface area (Å²) in [6, 6.07) is 15.2. The van der Waals surface area contributed by atoms with Gasteiger partial charge >= 0.3 is 6.03 Å². The number of hydrogen-bond acceptors (Lipinski definition) is 2. The van der Waals surface area contributed by atoms with Gasteiger partial charge in [-0.15, -0.1) is 0 Å². The molecule has 0 aliphatic carbocycles. The van der Waals surface area contributed by atoms with Crippen molar-refractivity contribution < 1.29 is 9.59 Å². The molecule has 0 radical (unpaired) electrons. The fourth-order valence-corrected chi connectivity index (χ4v) is 3.03. The number of nitrogens with one attached hydrogen (secondary N) is 1. The molecule has 4 heteroatoms. The molecular weight excluding hydrogens is 288 g/mol. The smallest absolute Gasteiger partial charge is 0.319 e. The van der Waals surface area contributed by atoms with Crippen LogP contribution in [0.4, 0.5) is 4.79 Å². The molecule has 118 valence electrons. The number of benzene rings is 2. The van der Waals surface area contributed by atoms with Crippen LogP contribution in [0.5, 0.6) is 0 Å². The number of imide groups is 1. The Morgan fingerprint density at radius 3 is 2.30 bits per heavy atom. The van der Waals surface area contributed by atoms with Gasteiger partial charge in [-0.05, 0) is 37.5 Å². The summed E-state index contributed by atoms with van der Waals surface area (Å²) in [6.07, 6.45) is 0. The quantitative estimate of drug-likeness (QED) is 0.885. The number of hydrogen-bond donors (Lipinski definition) is 1. The summed E-state index contributed by atoms with van der Waals surface area (Å²) in [6.45, 7) is 6.01. The lowest BCUT2D eigenvalue weighted by atomic mass is 9.88. The van der Waals surface area contributed by atoms with Gasteiger partial charge in [0, 0.05) is 0 Å². The van der Waals surface area contributed by atoms with Gasteiger partial charge in [0.05, 0.1) is 6.54 Å². The maximum absolute atomic E-state index is 12.9. The van der Waals surface area contributed by atoms with Crippen molar-refractivity contribution in [1.29, 1.82) is 0 Å².